The molecule has 0 aliphatic carbocycles. The number of rotatable bonds is 20. The SMILES string of the molecule is C=C(C=O)NNS(=O)(=O)OCCCCCCCCCCCCCCCC. The van der Waals surface area contributed by atoms with E-state index in [0.29, 0.717) is 12.7 Å². The number of hydrogen-bond acceptors (Lipinski definition) is 5. The zero-order valence-electron chi connectivity index (χ0n) is 16.4. The molecule has 0 saturated heterocycles. The Hall–Kier alpha value is -0.920. The van der Waals surface area contributed by atoms with Gasteiger partial charge >= 0.3 is 10.3 Å². The molecule has 0 aromatic carbocycles. The van der Waals surface area contributed by atoms with Crippen molar-refractivity contribution in [3.8, 4) is 0 Å². The van der Waals surface area contributed by atoms with Crippen molar-refractivity contribution in [2.45, 2.75) is 96.8 Å². The Balaban J connectivity index is 3.31. The third kappa shape index (κ3) is 17.9. The summed E-state index contributed by atoms with van der Waals surface area (Å²) < 4.78 is 27.6. The molecule has 2 N–H and O–H groups in total. The topological polar surface area (TPSA) is 84.5 Å². The van der Waals surface area contributed by atoms with Crippen molar-refractivity contribution >= 4 is 16.6 Å². The number of hydrazine groups is 1. The summed E-state index contributed by atoms with van der Waals surface area (Å²) in [7, 11) is -3.89. The predicted octanol–water partition coefficient (Wildman–Crippen LogP) is 4.54. The molecule has 0 spiro atoms. The van der Waals surface area contributed by atoms with Crippen molar-refractivity contribution in [3.05, 3.63) is 12.3 Å². The normalized spacial score (nSPS) is 11.4. The van der Waals surface area contributed by atoms with Crippen molar-refractivity contribution in [1.82, 2.24) is 10.3 Å². The van der Waals surface area contributed by atoms with Gasteiger partial charge in [0.05, 0.1) is 12.3 Å². The van der Waals surface area contributed by atoms with Gasteiger partial charge < -0.3 is 5.43 Å². The standard InChI is InChI=1S/C19H38N2O4S/c1-3-4-5-6-7-8-9-10-11-12-13-14-15-16-17-25-26(23,24)21-20-19(2)18-22/h18,20-21H,2-17H2,1H3. The maximum Gasteiger partial charge on any atom is 0.352 e. The van der Waals surface area contributed by atoms with Crippen LogP contribution in [0.25, 0.3) is 0 Å². The van der Waals surface area contributed by atoms with Crippen LogP contribution in [0.3, 0.4) is 0 Å². The Labute approximate surface area is 160 Å². The van der Waals surface area contributed by atoms with Crippen LogP contribution in [-0.4, -0.2) is 21.3 Å². The first-order valence-corrected chi connectivity index (χ1v) is 11.5. The van der Waals surface area contributed by atoms with E-state index in [9.17, 15) is 13.2 Å². The lowest BCUT2D eigenvalue weighted by Crippen LogP contribution is -2.38. The van der Waals surface area contributed by atoms with Crippen LogP contribution in [-0.2, 0) is 19.3 Å². The van der Waals surface area contributed by atoms with Crippen LogP contribution in [0.15, 0.2) is 12.3 Å². The molecular weight excluding hydrogens is 352 g/mol. The van der Waals surface area contributed by atoms with Crippen molar-refractivity contribution in [2.75, 3.05) is 6.61 Å². The average Bonchev–Trinajstić information content (AvgIpc) is 2.63. The zero-order valence-corrected chi connectivity index (χ0v) is 17.2. The molecule has 0 aliphatic heterocycles. The maximum atomic E-state index is 11.4. The van der Waals surface area contributed by atoms with Gasteiger partial charge in [-0.05, 0) is 6.42 Å². The van der Waals surface area contributed by atoms with E-state index in [4.69, 9.17) is 4.18 Å². The van der Waals surface area contributed by atoms with E-state index in [1.807, 2.05) is 4.83 Å². The molecule has 0 aliphatic rings. The quantitative estimate of drug-likeness (QED) is 0.138. The molecule has 26 heavy (non-hydrogen) atoms. The van der Waals surface area contributed by atoms with Crippen LogP contribution in [0.5, 0.6) is 0 Å². The molecule has 0 unspecified atom stereocenters. The van der Waals surface area contributed by atoms with Crippen LogP contribution in [0.2, 0.25) is 0 Å². The highest BCUT2D eigenvalue weighted by molar-refractivity contribution is 7.84. The predicted molar refractivity (Wildman–Crippen MR) is 107 cm³/mol. The molecule has 0 bridgehead atoms. The number of aldehydes is 1. The summed E-state index contributed by atoms with van der Waals surface area (Å²) in [6.07, 6.45) is 17.9. The van der Waals surface area contributed by atoms with Gasteiger partial charge in [-0.2, -0.15) is 8.42 Å². The first-order valence-electron chi connectivity index (χ1n) is 10.1. The second-order valence-electron chi connectivity index (χ2n) is 6.74. The number of carbonyl (C=O) groups is 1. The van der Waals surface area contributed by atoms with Gasteiger partial charge in [-0.25, -0.2) is 0 Å². The molecule has 0 rings (SSSR count). The third-order valence-electron chi connectivity index (χ3n) is 4.22. The summed E-state index contributed by atoms with van der Waals surface area (Å²) >= 11 is 0. The maximum absolute atomic E-state index is 11.4. The van der Waals surface area contributed by atoms with Gasteiger partial charge in [0, 0.05) is 0 Å². The summed E-state index contributed by atoms with van der Waals surface area (Å²) in [5, 5.41) is 0. The first-order chi connectivity index (χ1) is 12.5. The van der Waals surface area contributed by atoms with Gasteiger partial charge in [0.15, 0.2) is 6.29 Å². The van der Waals surface area contributed by atoms with Crippen LogP contribution in [0, 0.1) is 0 Å². The second-order valence-corrected chi connectivity index (χ2v) is 8.09. The van der Waals surface area contributed by atoms with E-state index in [2.05, 4.69) is 18.9 Å². The van der Waals surface area contributed by atoms with Gasteiger partial charge in [0.1, 0.15) is 0 Å². The van der Waals surface area contributed by atoms with Gasteiger partial charge in [0.2, 0.25) is 0 Å². The van der Waals surface area contributed by atoms with Crippen molar-refractivity contribution in [1.29, 1.82) is 0 Å². The number of carbonyl (C=O) groups excluding carboxylic acids is 1. The highest BCUT2D eigenvalue weighted by atomic mass is 32.2. The van der Waals surface area contributed by atoms with Gasteiger partial charge in [-0.1, -0.05) is 97.0 Å². The molecule has 0 atom stereocenters. The van der Waals surface area contributed by atoms with Gasteiger partial charge in [-0.15, -0.1) is 4.83 Å². The van der Waals surface area contributed by atoms with Gasteiger partial charge in [0.25, 0.3) is 0 Å². The van der Waals surface area contributed by atoms with Crippen molar-refractivity contribution < 1.29 is 17.4 Å². The van der Waals surface area contributed by atoms with Crippen LogP contribution >= 0.6 is 0 Å². The van der Waals surface area contributed by atoms with Crippen LogP contribution in [0.1, 0.15) is 96.8 Å². The minimum Gasteiger partial charge on any atom is -0.304 e. The van der Waals surface area contributed by atoms with E-state index in [-0.39, 0.29) is 12.3 Å². The lowest BCUT2D eigenvalue weighted by Gasteiger charge is -2.08. The minimum atomic E-state index is -3.89. The number of hydrogen-bond donors (Lipinski definition) is 2. The van der Waals surface area contributed by atoms with Crippen LogP contribution in [0.4, 0.5) is 0 Å². The zero-order chi connectivity index (χ0) is 19.5. The Morgan fingerprint density at radius 3 is 1.69 bits per heavy atom. The number of unbranched alkanes of at least 4 members (excludes halogenated alkanes) is 13. The molecule has 0 fully saturated rings. The molecular formula is C19H38N2O4S. The fourth-order valence-corrected chi connectivity index (χ4v) is 3.30. The molecule has 0 radical (unpaired) electrons. The van der Waals surface area contributed by atoms with Crippen LogP contribution < -0.4 is 10.3 Å². The Morgan fingerprint density at radius 2 is 1.27 bits per heavy atom. The first kappa shape index (κ1) is 25.1. The molecule has 0 heterocycles. The Morgan fingerprint density at radius 1 is 0.846 bits per heavy atom. The summed E-state index contributed by atoms with van der Waals surface area (Å²) in [5.41, 5.74) is 2.07. The summed E-state index contributed by atoms with van der Waals surface area (Å²) in [6.45, 7) is 5.68. The highest BCUT2D eigenvalue weighted by Crippen LogP contribution is 2.13. The Kier molecular flexibility index (Phi) is 16.9. The van der Waals surface area contributed by atoms with Crippen molar-refractivity contribution in [3.63, 3.8) is 0 Å². The smallest absolute Gasteiger partial charge is 0.304 e. The lowest BCUT2D eigenvalue weighted by molar-refractivity contribution is -0.105. The third-order valence-corrected chi connectivity index (χ3v) is 5.04. The van der Waals surface area contributed by atoms with E-state index >= 15 is 0 Å². The fourth-order valence-electron chi connectivity index (χ4n) is 2.65. The van der Waals surface area contributed by atoms with Gasteiger partial charge in [-0.3, -0.25) is 8.98 Å². The molecule has 0 saturated carbocycles. The molecule has 0 aromatic heterocycles. The molecule has 6 nitrogen and oxygen atoms in total. The average molecular weight is 391 g/mol. The molecule has 0 amide bonds. The second kappa shape index (κ2) is 17.5. The number of nitrogens with one attached hydrogen (secondary N) is 2. The van der Waals surface area contributed by atoms with E-state index in [0.717, 1.165) is 12.8 Å². The summed E-state index contributed by atoms with van der Waals surface area (Å²) in [4.78, 5) is 12.2. The molecule has 154 valence electrons. The summed E-state index contributed by atoms with van der Waals surface area (Å²) in [6, 6.07) is 0. The van der Waals surface area contributed by atoms with E-state index in [1.54, 1.807) is 0 Å². The van der Waals surface area contributed by atoms with E-state index in [1.165, 1.54) is 70.6 Å². The summed E-state index contributed by atoms with van der Waals surface area (Å²) in [5.74, 6) is 0. The van der Waals surface area contributed by atoms with Crippen molar-refractivity contribution in [2.24, 2.45) is 0 Å². The monoisotopic (exact) mass is 390 g/mol. The largest absolute Gasteiger partial charge is 0.352 e. The molecule has 7 heteroatoms. The highest BCUT2D eigenvalue weighted by Gasteiger charge is 2.09. The lowest BCUT2D eigenvalue weighted by atomic mass is 10.0. The Bertz CT molecular complexity index is 452. The molecule has 0 aromatic rings. The minimum absolute atomic E-state index is 0.0753. The number of allylic oxidation sites excluding steroid dienone is 1. The van der Waals surface area contributed by atoms with E-state index < -0.39 is 10.3 Å². The fraction of sp³-hybridized carbons (Fsp3) is 0.842.